The van der Waals surface area contributed by atoms with Crippen LogP contribution in [0.15, 0.2) is 70.2 Å². The molecule has 1 aromatic heterocycles. The van der Waals surface area contributed by atoms with Crippen LogP contribution in [0.3, 0.4) is 0 Å². The molecule has 0 saturated heterocycles. The standard InChI is InChI=1S/C17H14BrNOS/c18-14-8-1-2-9-16(14)21-11-15(20)13-7-3-5-12-6-4-10-19-17(12)13/h1-10,15,20H,11H2. The van der Waals surface area contributed by atoms with E-state index in [1.807, 2.05) is 54.6 Å². The lowest BCUT2D eigenvalue weighted by Crippen LogP contribution is -2.02. The summed E-state index contributed by atoms with van der Waals surface area (Å²) in [5.74, 6) is 0.596. The smallest absolute Gasteiger partial charge is 0.0904 e. The number of hydrogen-bond acceptors (Lipinski definition) is 3. The number of aromatic nitrogens is 1. The lowest BCUT2D eigenvalue weighted by Gasteiger charge is -2.13. The summed E-state index contributed by atoms with van der Waals surface area (Å²) in [5, 5.41) is 11.6. The summed E-state index contributed by atoms with van der Waals surface area (Å²) in [6.07, 6.45) is 1.22. The minimum Gasteiger partial charge on any atom is -0.387 e. The molecule has 0 aliphatic rings. The Morgan fingerprint density at radius 3 is 2.71 bits per heavy atom. The van der Waals surface area contributed by atoms with Gasteiger partial charge in [-0.1, -0.05) is 36.4 Å². The summed E-state index contributed by atoms with van der Waals surface area (Å²) in [6, 6.07) is 17.9. The van der Waals surface area contributed by atoms with Crippen molar-refractivity contribution in [3.8, 4) is 0 Å². The number of halogens is 1. The maximum absolute atomic E-state index is 10.5. The van der Waals surface area contributed by atoms with Gasteiger partial charge in [0.2, 0.25) is 0 Å². The zero-order valence-corrected chi connectivity index (χ0v) is 13.6. The normalized spacial score (nSPS) is 12.5. The number of para-hydroxylation sites is 1. The highest BCUT2D eigenvalue weighted by Crippen LogP contribution is 2.31. The number of benzene rings is 2. The van der Waals surface area contributed by atoms with Crippen LogP contribution in [0.25, 0.3) is 10.9 Å². The number of hydrogen-bond donors (Lipinski definition) is 1. The van der Waals surface area contributed by atoms with Gasteiger partial charge in [0.1, 0.15) is 0 Å². The Labute approximate surface area is 136 Å². The second-order valence-electron chi connectivity index (χ2n) is 4.68. The van der Waals surface area contributed by atoms with E-state index in [9.17, 15) is 5.11 Å². The van der Waals surface area contributed by atoms with Crippen LogP contribution >= 0.6 is 27.7 Å². The number of aliphatic hydroxyl groups excluding tert-OH is 1. The summed E-state index contributed by atoms with van der Waals surface area (Å²) < 4.78 is 1.05. The third-order valence-corrected chi connectivity index (χ3v) is 5.36. The number of aliphatic hydroxyl groups is 1. The molecule has 1 atom stereocenters. The SMILES string of the molecule is OC(CSc1ccccc1Br)c1cccc2cccnc12. The van der Waals surface area contributed by atoms with Crippen molar-refractivity contribution in [3.63, 3.8) is 0 Å². The van der Waals surface area contributed by atoms with E-state index in [-0.39, 0.29) is 0 Å². The fraction of sp³-hybridized carbons (Fsp3) is 0.118. The number of rotatable bonds is 4. The highest BCUT2D eigenvalue weighted by molar-refractivity contribution is 9.10. The molecule has 0 radical (unpaired) electrons. The largest absolute Gasteiger partial charge is 0.387 e. The maximum atomic E-state index is 10.5. The van der Waals surface area contributed by atoms with Crippen molar-refractivity contribution >= 4 is 38.6 Å². The van der Waals surface area contributed by atoms with E-state index in [1.165, 1.54) is 0 Å². The topological polar surface area (TPSA) is 33.1 Å². The van der Waals surface area contributed by atoms with Crippen LogP contribution in [-0.2, 0) is 0 Å². The fourth-order valence-corrected chi connectivity index (χ4v) is 3.74. The summed E-state index contributed by atoms with van der Waals surface area (Å²) >= 11 is 5.16. The van der Waals surface area contributed by atoms with Gasteiger partial charge in [-0.25, -0.2) is 0 Å². The maximum Gasteiger partial charge on any atom is 0.0904 e. The van der Waals surface area contributed by atoms with E-state index in [2.05, 4.69) is 20.9 Å². The molecule has 4 heteroatoms. The molecular weight excluding hydrogens is 346 g/mol. The Hall–Kier alpha value is -1.36. The van der Waals surface area contributed by atoms with Crippen LogP contribution in [0.4, 0.5) is 0 Å². The van der Waals surface area contributed by atoms with Crippen LogP contribution in [0.5, 0.6) is 0 Å². The molecule has 21 heavy (non-hydrogen) atoms. The van der Waals surface area contributed by atoms with Gasteiger partial charge in [0, 0.05) is 32.3 Å². The molecule has 3 aromatic rings. The number of nitrogens with zero attached hydrogens (tertiary/aromatic N) is 1. The van der Waals surface area contributed by atoms with Gasteiger partial charge in [-0.05, 0) is 34.1 Å². The molecule has 2 aromatic carbocycles. The summed E-state index contributed by atoms with van der Waals surface area (Å²) in [4.78, 5) is 5.53. The second-order valence-corrected chi connectivity index (χ2v) is 6.60. The van der Waals surface area contributed by atoms with E-state index in [0.717, 1.165) is 25.8 Å². The monoisotopic (exact) mass is 359 g/mol. The molecule has 0 spiro atoms. The second kappa shape index (κ2) is 6.60. The third-order valence-electron chi connectivity index (χ3n) is 3.26. The molecule has 1 N–H and O–H groups in total. The summed E-state index contributed by atoms with van der Waals surface area (Å²) in [5.41, 5.74) is 1.76. The Balaban J connectivity index is 1.81. The summed E-state index contributed by atoms with van der Waals surface area (Å²) in [7, 11) is 0. The van der Waals surface area contributed by atoms with Gasteiger partial charge < -0.3 is 5.11 Å². The van der Waals surface area contributed by atoms with E-state index in [4.69, 9.17) is 0 Å². The molecule has 0 saturated carbocycles. The van der Waals surface area contributed by atoms with Gasteiger partial charge in [-0.15, -0.1) is 11.8 Å². The molecule has 2 nitrogen and oxygen atoms in total. The van der Waals surface area contributed by atoms with Crippen LogP contribution in [-0.4, -0.2) is 15.8 Å². The zero-order chi connectivity index (χ0) is 14.7. The Morgan fingerprint density at radius 1 is 1.05 bits per heavy atom. The Morgan fingerprint density at radius 2 is 1.86 bits per heavy atom. The third kappa shape index (κ3) is 3.28. The van der Waals surface area contributed by atoms with Gasteiger partial charge in [-0.3, -0.25) is 4.98 Å². The van der Waals surface area contributed by atoms with Gasteiger partial charge in [0.25, 0.3) is 0 Å². The molecule has 0 aliphatic carbocycles. The quantitative estimate of drug-likeness (QED) is 0.677. The first kappa shape index (κ1) is 14.6. The Bertz CT molecular complexity index is 757. The Kier molecular flexibility index (Phi) is 4.58. The average molecular weight is 360 g/mol. The predicted molar refractivity (Wildman–Crippen MR) is 91.6 cm³/mol. The molecule has 1 unspecified atom stereocenters. The van der Waals surface area contributed by atoms with Crippen molar-refractivity contribution in [1.82, 2.24) is 4.98 Å². The molecule has 106 valence electrons. The first-order chi connectivity index (χ1) is 10.3. The first-order valence-corrected chi connectivity index (χ1v) is 8.42. The minimum atomic E-state index is -0.541. The van der Waals surface area contributed by atoms with Crippen molar-refractivity contribution in [3.05, 3.63) is 70.8 Å². The van der Waals surface area contributed by atoms with Crippen molar-refractivity contribution < 1.29 is 5.11 Å². The van der Waals surface area contributed by atoms with Gasteiger partial charge >= 0.3 is 0 Å². The van der Waals surface area contributed by atoms with E-state index >= 15 is 0 Å². The van der Waals surface area contributed by atoms with Crippen LogP contribution in [0.2, 0.25) is 0 Å². The molecule has 0 aliphatic heterocycles. The first-order valence-electron chi connectivity index (χ1n) is 6.65. The van der Waals surface area contributed by atoms with Crippen molar-refractivity contribution in [2.24, 2.45) is 0 Å². The van der Waals surface area contributed by atoms with Gasteiger partial charge in [0.05, 0.1) is 11.6 Å². The highest BCUT2D eigenvalue weighted by atomic mass is 79.9. The number of pyridine rings is 1. The minimum absolute atomic E-state index is 0.541. The molecule has 1 heterocycles. The molecule has 0 bridgehead atoms. The van der Waals surface area contributed by atoms with Crippen LogP contribution in [0, 0.1) is 0 Å². The molecule has 0 amide bonds. The lowest BCUT2D eigenvalue weighted by atomic mass is 10.1. The fourth-order valence-electron chi connectivity index (χ4n) is 2.22. The molecule has 3 rings (SSSR count). The highest BCUT2D eigenvalue weighted by Gasteiger charge is 2.13. The molecular formula is C17H14BrNOS. The van der Waals surface area contributed by atoms with Crippen molar-refractivity contribution in [2.45, 2.75) is 11.0 Å². The van der Waals surface area contributed by atoms with E-state index in [0.29, 0.717) is 5.75 Å². The summed E-state index contributed by atoms with van der Waals surface area (Å²) in [6.45, 7) is 0. The van der Waals surface area contributed by atoms with Crippen molar-refractivity contribution in [1.29, 1.82) is 0 Å². The van der Waals surface area contributed by atoms with Gasteiger partial charge in [-0.2, -0.15) is 0 Å². The van der Waals surface area contributed by atoms with Crippen LogP contribution < -0.4 is 0 Å². The molecule has 0 fully saturated rings. The number of thioether (sulfide) groups is 1. The lowest BCUT2D eigenvalue weighted by molar-refractivity contribution is 0.205. The van der Waals surface area contributed by atoms with Gasteiger partial charge in [0.15, 0.2) is 0 Å². The average Bonchev–Trinajstić information content (AvgIpc) is 2.53. The predicted octanol–water partition coefficient (Wildman–Crippen LogP) is 4.82. The van der Waals surface area contributed by atoms with Crippen LogP contribution in [0.1, 0.15) is 11.7 Å². The zero-order valence-electron chi connectivity index (χ0n) is 11.2. The van der Waals surface area contributed by atoms with E-state index in [1.54, 1.807) is 18.0 Å². The van der Waals surface area contributed by atoms with Crippen molar-refractivity contribution in [2.75, 3.05) is 5.75 Å². The number of fused-ring (bicyclic) bond motifs is 1. The van der Waals surface area contributed by atoms with E-state index < -0.39 is 6.10 Å².